The first-order chi connectivity index (χ1) is 30.5. The van der Waals surface area contributed by atoms with Gasteiger partial charge in [0.25, 0.3) is 11.8 Å². The first-order valence-electron chi connectivity index (χ1n) is 20.7. The van der Waals surface area contributed by atoms with E-state index in [4.69, 9.17) is 5.11 Å². The fourth-order valence-electron chi connectivity index (χ4n) is 7.92. The largest absolute Gasteiger partial charge is 0.480 e. The summed E-state index contributed by atoms with van der Waals surface area (Å²) >= 11 is 0. The molecule has 328 valence electrons. The minimum absolute atomic E-state index is 0.0553. The molecule has 0 bridgehead atoms. The van der Waals surface area contributed by atoms with Crippen molar-refractivity contribution in [1.29, 1.82) is 0 Å². The van der Waals surface area contributed by atoms with Crippen molar-refractivity contribution in [3.63, 3.8) is 0 Å². The molecule has 8 rings (SSSR count). The normalized spacial score (nSPS) is 17.9. The number of likely N-dealkylation sites (tertiary alicyclic amines) is 3. The zero-order valence-corrected chi connectivity index (χ0v) is 34.9. The summed E-state index contributed by atoms with van der Waals surface area (Å²) in [6.45, 7) is 3.87. The zero-order chi connectivity index (χ0) is 44.5. The number of aromatic nitrogens is 6. The van der Waals surface area contributed by atoms with Gasteiger partial charge in [0.1, 0.15) is 0 Å². The van der Waals surface area contributed by atoms with Crippen molar-refractivity contribution >= 4 is 68.7 Å². The highest BCUT2D eigenvalue weighted by Gasteiger charge is 2.32. The Balaban J connectivity index is 0.000000206. The van der Waals surface area contributed by atoms with Crippen LogP contribution in [0.25, 0.3) is 21.8 Å². The molecule has 3 aliphatic heterocycles. The minimum Gasteiger partial charge on any atom is -0.480 e. The molecule has 5 amide bonds. The molecular weight excluding hydrogens is 811 g/mol. The molecule has 7 N–H and O–H groups in total. The van der Waals surface area contributed by atoms with E-state index in [1.54, 1.807) is 66.8 Å². The van der Waals surface area contributed by atoms with E-state index in [-0.39, 0.29) is 65.2 Å². The van der Waals surface area contributed by atoms with Gasteiger partial charge in [0.05, 0.1) is 36.0 Å². The SMILES string of the molecule is CNC(=O)c1n[nH]c2ccc(NC(=O)C3CCN(CC(=O)N4CCC(C#Cc5ncccn5)CC4)C3)cc12.CNC(=O)c1n[nH]c2ccc(NC(=O)C3CCN(CC(=O)O)C3)cc12. The predicted octanol–water partition coefficient (Wildman–Crippen LogP) is 1.53. The fourth-order valence-corrected chi connectivity index (χ4v) is 7.92. The van der Waals surface area contributed by atoms with Crippen molar-refractivity contribution < 1.29 is 33.9 Å². The number of H-pyrrole nitrogens is 2. The Kier molecular flexibility index (Phi) is 14.0. The van der Waals surface area contributed by atoms with Crippen LogP contribution in [0.15, 0.2) is 54.9 Å². The molecule has 3 aromatic heterocycles. The molecular formula is C43H49N13O7. The second-order valence-corrected chi connectivity index (χ2v) is 15.6. The number of piperidine rings is 1. The number of hydrogen-bond donors (Lipinski definition) is 7. The summed E-state index contributed by atoms with van der Waals surface area (Å²) in [5.74, 6) is 4.90. The number of aliphatic carboxylic acids is 1. The van der Waals surface area contributed by atoms with Gasteiger partial charge in [0, 0.05) is 80.7 Å². The Bertz CT molecular complexity index is 2560. The Hall–Kier alpha value is -7.24. The number of hydrogen-bond acceptors (Lipinski definition) is 12. The molecule has 3 fully saturated rings. The zero-order valence-electron chi connectivity index (χ0n) is 34.9. The van der Waals surface area contributed by atoms with Crippen molar-refractivity contribution in [3.05, 3.63) is 72.1 Å². The maximum Gasteiger partial charge on any atom is 0.317 e. The van der Waals surface area contributed by atoms with E-state index >= 15 is 0 Å². The van der Waals surface area contributed by atoms with Crippen LogP contribution in [-0.4, -0.2) is 152 Å². The summed E-state index contributed by atoms with van der Waals surface area (Å²) in [5, 5.41) is 34.6. The van der Waals surface area contributed by atoms with Crippen LogP contribution in [-0.2, 0) is 19.2 Å². The van der Waals surface area contributed by atoms with Crippen LogP contribution in [0, 0.1) is 29.6 Å². The lowest BCUT2D eigenvalue weighted by Crippen LogP contribution is -2.43. The molecule has 2 atom stereocenters. The lowest BCUT2D eigenvalue weighted by molar-refractivity contribution is -0.138. The van der Waals surface area contributed by atoms with Gasteiger partial charge in [-0.3, -0.25) is 48.8 Å². The molecule has 20 nitrogen and oxygen atoms in total. The number of nitrogens with zero attached hydrogens (tertiary/aromatic N) is 7. The van der Waals surface area contributed by atoms with Gasteiger partial charge in [-0.25, -0.2) is 9.97 Å². The summed E-state index contributed by atoms with van der Waals surface area (Å²) in [7, 11) is 3.07. The molecule has 0 spiro atoms. The van der Waals surface area contributed by atoms with Gasteiger partial charge in [-0.15, -0.1) is 0 Å². The van der Waals surface area contributed by atoms with Crippen LogP contribution in [0.5, 0.6) is 0 Å². The molecule has 2 unspecified atom stereocenters. The number of nitrogens with one attached hydrogen (secondary N) is 6. The highest BCUT2D eigenvalue weighted by atomic mass is 16.4. The number of aromatic amines is 2. The predicted molar refractivity (Wildman–Crippen MR) is 231 cm³/mol. The lowest BCUT2D eigenvalue weighted by Gasteiger charge is -2.31. The molecule has 3 aliphatic rings. The van der Waals surface area contributed by atoms with Gasteiger partial charge in [-0.05, 0) is 87.2 Å². The van der Waals surface area contributed by atoms with Crippen LogP contribution >= 0.6 is 0 Å². The molecule has 5 aromatic rings. The molecule has 63 heavy (non-hydrogen) atoms. The van der Waals surface area contributed by atoms with E-state index in [2.05, 4.69) is 63.5 Å². The van der Waals surface area contributed by atoms with Gasteiger partial charge < -0.3 is 31.3 Å². The third kappa shape index (κ3) is 11.0. The van der Waals surface area contributed by atoms with Crippen LogP contribution in [0.2, 0.25) is 0 Å². The van der Waals surface area contributed by atoms with Crippen molar-refractivity contribution in [3.8, 4) is 11.8 Å². The number of amides is 5. The summed E-state index contributed by atoms with van der Waals surface area (Å²) in [5.41, 5.74) is 3.14. The average molecular weight is 860 g/mol. The van der Waals surface area contributed by atoms with Crippen LogP contribution in [0.1, 0.15) is 52.5 Å². The van der Waals surface area contributed by atoms with Gasteiger partial charge in [0.2, 0.25) is 23.5 Å². The summed E-state index contributed by atoms with van der Waals surface area (Å²) in [6, 6.07) is 12.3. The van der Waals surface area contributed by atoms with E-state index in [0.29, 0.717) is 97.7 Å². The summed E-state index contributed by atoms with van der Waals surface area (Å²) < 4.78 is 0. The number of fused-ring (bicyclic) bond motifs is 2. The number of rotatable bonds is 10. The van der Waals surface area contributed by atoms with E-state index in [1.807, 2.05) is 9.80 Å². The van der Waals surface area contributed by atoms with Gasteiger partial charge in [0.15, 0.2) is 11.4 Å². The Labute approximate surface area is 361 Å². The fraction of sp³-hybridized carbons (Fsp3) is 0.395. The van der Waals surface area contributed by atoms with E-state index in [9.17, 15) is 28.8 Å². The van der Waals surface area contributed by atoms with E-state index < -0.39 is 5.97 Å². The van der Waals surface area contributed by atoms with E-state index in [0.717, 1.165) is 12.8 Å². The summed E-state index contributed by atoms with van der Waals surface area (Å²) in [4.78, 5) is 86.8. The van der Waals surface area contributed by atoms with Gasteiger partial charge in [-0.1, -0.05) is 5.92 Å². The third-order valence-electron chi connectivity index (χ3n) is 11.4. The van der Waals surface area contributed by atoms with Crippen molar-refractivity contribution in [2.75, 3.05) is 77.1 Å². The monoisotopic (exact) mass is 859 g/mol. The minimum atomic E-state index is -0.895. The quantitative estimate of drug-likeness (QED) is 0.0985. The van der Waals surface area contributed by atoms with Crippen LogP contribution < -0.4 is 21.3 Å². The Morgan fingerprint density at radius 1 is 0.714 bits per heavy atom. The first kappa shape index (κ1) is 43.8. The number of carboxylic acid groups (broad SMARTS) is 1. The molecule has 0 radical (unpaired) electrons. The first-order valence-corrected chi connectivity index (χ1v) is 20.7. The maximum absolute atomic E-state index is 12.9. The standard InChI is InChI=1S/C27H30N8O3.C16H19N5O4/c1-28-27(38)25-21-15-20(4-5-22(21)32-33-25)31-26(37)19-9-12-34(16-19)17-24(36)35-13-7-18(8-14-35)3-6-23-29-10-2-11-30-23;1-17-16(25)14-11-6-10(2-3-12(11)19-20-14)18-15(24)9-4-5-21(7-9)8-13(22)23/h2,4-5,10-11,15,18-19H,7-9,12-14,16-17H2,1H3,(H,28,38)(H,31,37)(H,32,33);2-3,6,9H,4-5,7-8H2,1H3,(H,17,25)(H,18,24)(H,19,20)(H,22,23). The van der Waals surface area contributed by atoms with Gasteiger partial charge in [-0.2, -0.15) is 10.2 Å². The Morgan fingerprint density at radius 3 is 1.71 bits per heavy atom. The average Bonchev–Trinajstić information content (AvgIpc) is 4.13. The Morgan fingerprint density at radius 2 is 1.22 bits per heavy atom. The third-order valence-corrected chi connectivity index (χ3v) is 11.4. The van der Waals surface area contributed by atoms with E-state index in [1.165, 1.54) is 7.05 Å². The smallest absolute Gasteiger partial charge is 0.317 e. The number of carboxylic acids is 1. The molecule has 2 aromatic carbocycles. The van der Waals surface area contributed by atoms with Crippen molar-refractivity contribution in [1.82, 2.24) is 55.7 Å². The number of anilines is 2. The molecule has 0 saturated carbocycles. The molecule has 0 aliphatic carbocycles. The lowest BCUT2D eigenvalue weighted by atomic mass is 9.97. The topological polar surface area (TPSA) is 264 Å². The second kappa shape index (κ2) is 20.1. The second-order valence-electron chi connectivity index (χ2n) is 15.6. The van der Waals surface area contributed by atoms with Gasteiger partial charge >= 0.3 is 5.97 Å². The molecule has 20 heteroatoms. The molecule has 6 heterocycles. The highest BCUT2D eigenvalue weighted by molar-refractivity contribution is 6.07. The summed E-state index contributed by atoms with van der Waals surface area (Å²) in [6.07, 6.45) is 6.33. The van der Waals surface area contributed by atoms with Crippen LogP contribution in [0.3, 0.4) is 0 Å². The highest BCUT2D eigenvalue weighted by Crippen LogP contribution is 2.25. The molecule has 3 saturated heterocycles. The number of carbonyl (C=O) groups is 6. The number of carbonyl (C=O) groups excluding carboxylic acids is 5. The van der Waals surface area contributed by atoms with Crippen molar-refractivity contribution in [2.24, 2.45) is 17.8 Å². The maximum atomic E-state index is 12.9. The van der Waals surface area contributed by atoms with Crippen LogP contribution in [0.4, 0.5) is 11.4 Å². The van der Waals surface area contributed by atoms with Crippen molar-refractivity contribution in [2.45, 2.75) is 25.7 Å². The number of benzene rings is 2.